The fourth-order valence-corrected chi connectivity index (χ4v) is 2.20. The number of piperidine rings is 1. The molecule has 5 nitrogen and oxygen atoms in total. The van der Waals surface area contributed by atoms with E-state index in [2.05, 4.69) is 16.8 Å². The van der Waals surface area contributed by atoms with E-state index >= 15 is 0 Å². The van der Waals surface area contributed by atoms with Gasteiger partial charge in [0.2, 0.25) is 0 Å². The van der Waals surface area contributed by atoms with Gasteiger partial charge in [0.25, 0.3) is 5.91 Å². The molecule has 0 spiro atoms. The van der Waals surface area contributed by atoms with Crippen molar-refractivity contribution in [1.29, 1.82) is 0 Å². The Balaban J connectivity index is 1.99. The summed E-state index contributed by atoms with van der Waals surface area (Å²) in [4.78, 5) is 18.3. The normalized spacial score (nSPS) is 15.6. The van der Waals surface area contributed by atoms with E-state index in [9.17, 15) is 4.79 Å². The predicted octanol–water partition coefficient (Wildman–Crippen LogP) is 0.643. The van der Waals surface area contributed by atoms with Gasteiger partial charge in [0.1, 0.15) is 5.69 Å². The fourth-order valence-electron chi connectivity index (χ4n) is 2.20. The maximum atomic E-state index is 12.3. The van der Waals surface area contributed by atoms with Gasteiger partial charge >= 0.3 is 0 Å². The Morgan fingerprint density at radius 1 is 1.50 bits per heavy atom. The minimum atomic E-state index is -0.0297. The lowest BCUT2D eigenvalue weighted by molar-refractivity contribution is 0.0347. The van der Waals surface area contributed by atoms with Crippen LogP contribution in [0.25, 0.3) is 0 Å². The second kappa shape index (κ2) is 7.04. The molecule has 106 valence electrons. The standard InChI is InChI=1S/C15H19N3O2/c1-20-13-6-9-18(10-7-13)15(19)14-5-4-12(11-17-14)3-2-8-16/h4-5,11,13H,6-10,16H2,1H3. The molecule has 0 saturated carbocycles. The minimum Gasteiger partial charge on any atom is -0.381 e. The van der Waals surface area contributed by atoms with Crippen LogP contribution in [0.2, 0.25) is 0 Å². The van der Waals surface area contributed by atoms with Crippen LogP contribution in [0.1, 0.15) is 28.9 Å². The first-order chi connectivity index (χ1) is 9.74. The third-order valence-corrected chi connectivity index (χ3v) is 3.38. The van der Waals surface area contributed by atoms with Crippen molar-refractivity contribution in [3.63, 3.8) is 0 Å². The molecule has 20 heavy (non-hydrogen) atoms. The van der Waals surface area contributed by atoms with E-state index in [1.54, 1.807) is 25.4 Å². The summed E-state index contributed by atoms with van der Waals surface area (Å²) in [5.41, 5.74) is 6.54. The molecule has 1 aliphatic rings. The van der Waals surface area contributed by atoms with Crippen LogP contribution >= 0.6 is 0 Å². The average molecular weight is 273 g/mol. The Hall–Kier alpha value is -1.90. The first-order valence-electron chi connectivity index (χ1n) is 6.71. The van der Waals surface area contributed by atoms with Gasteiger partial charge in [-0.25, -0.2) is 4.98 Å². The Kier molecular flexibility index (Phi) is 5.10. The van der Waals surface area contributed by atoms with E-state index in [0.29, 0.717) is 25.3 Å². The largest absolute Gasteiger partial charge is 0.381 e. The van der Waals surface area contributed by atoms with E-state index in [4.69, 9.17) is 10.5 Å². The van der Waals surface area contributed by atoms with Crippen LogP contribution in [0.4, 0.5) is 0 Å². The highest BCUT2D eigenvalue weighted by Crippen LogP contribution is 2.15. The van der Waals surface area contributed by atoms with Crippen LogP contribution < -0.4 is 5.73 Å². The zero-order valence-electron chi connectivity index (χ0n) is 11.6. The molecule has 5 heteroatoms. The van der Waals surface area contributed by atoms with E-state index < -0.39 is 0 Å². The maximum absolute atomic E-state index is 12.3. The third kappa shape index (κ3) is 3.56. The van der Waals surface area contributed by atoms with Gasteiger partial charge in [-0.05, 0) is 25.0 Å². The number of rotatable bonds is 2. The lowest BCUT2D eigenvalue weighted by Crippen LogP contribution is -2.40. The van der Waals surface area contributed by atoms with Gasteiger partial charge in [0, 0.05) is 32.0 Å². The van der Waals surface area contributed by atoms with Crippen LogP contribution in [0, 0.1) is 11.8 Å². The molecular weight excluding hydrogens is 254 g/mol. The number of nitrogens with zero attached hydrogens (tertiary/aromatic N) is 2. The number of likely N-dealkylation sites (tertiary alicyclic amines) is 1. The molecule has 0 atom stereocenters. The van der Waals surface area contributed by atoms with E-state index in [1.807, 2.05) is 4.90 Å². The smallest absolute Gasteiger partial charge is 0.272 e. The molecular formula is C15H19N3O2. The molecule has 1 fully saturated rings. The fraction of sp³-hybridized carbons (Fsp3) is 0.467. The summed E-state index contributed by atoms with van der Waals surface area (Å²) in [5, 5.41) is 0. The molecule has 0 aromatic carbocycles. The Bertz CT molecular complexity index is 508. The maximum Gasteiger partial charge on any atom is 0.272 e. The summed E-state index contributed by atoms with van der Waals surface area (Å²) in [5.74, 6) is 5.61. The highest BCUT2D eigenvalue weighted by Gasteiger charge is 2.23. The van der Waals surface area contributed by atoms with Crippen LogP contribution in [-0.2, 0) is 4.74 Å². The molecule has 1 saturated heterocycles. The summed E-state index contributed by atoms with van der Waals surface area (Å²) in [6.45, 7) is 1.75. The summed E-state index contributed by atoms with van der Waals surface area (Å²) in [6.07, 6.45) is 3.63. The number of hydrogen-bond acceptors (Lipinski definition) is 4. The van der Waals surface area contributed by atoms with Gasteiger partial charge in [-0.15, -0.1) is 0 Å². The van der Waals surface area contributed by atoms with Crippen molar-refractivity contribution in [3.05, 3.63) is 29.6 Å². The van der Waals surface area contributed by atoms with E-state index in [-0.39, 0.29) is 12.0 Å². The van der Waals surface area contributed by atoms with Crippen molar-refractivity contribution < 1.29 is 9.53 Å². The number of carbonyl (C=O) groups is 1. The topological polar surface area (TPSA) is 68.5 Å². The Morgan fingerprint density at radius 3 is 2.80 bits per heavy atom. The molecule has 2 rings (SSSR count). The molecule has 0 unspecified atom stereocenters. The number of hydrogen-bond donors (Lipinski definition) is 1. The van der Waals surface area contributed by atoms with Crippen LogP contribution in [0.3, 0.4) is 0 Å². The van der Waals surface area contributed by atoms with Gasteiger partial charge in [-0.2, -0.15) is 0 Å². The first-order valence-corrected chi connectivity index (χ1v) is 6.71. The van der Waals surface area contributed by atoms with Crippen molar-refractivity contribution in [2.75, 3.05) is 26.7 Å². The number of methoxy groups -OCH3 is 1. The first kappa shape index (κ1) is 14.5. The Labute approximate surface area is 119 Å². The number of ether oxygens (including phenoxy) is 1. The zero-order chi connectivity index (χ0) is 14.4. The molecule has 2 N–H and O–H groups in total. The van der Waals surface area contributed by atoms with Crippen LogP contribution in [0.5, 0.6) is 0 Å². The van der Waals surface area contributed by atoms with Crippen LogP contribution in [0.15, 0.2) is 18.3 Å². The number of amides is 1. The Morgan fingerprint density at radius 2 is 2.25 bits per heavy atom. The van der Waals surface area contributed by atoms with E-state index in [1.165, 1.54) is 0 Å². The number of nitrogens with two attached hydrogens (primary N) is 1. The average Bonchev–Trinajstić information content (AvgIpc) is 2.53. The lowest BCUT2D eigenvalue weighted by Gasteiger charge is -2.30. The van der Waals surface area contributed by atoms with Crippen molar-refractivity contribution in [2.24, 2.45) is 5.73 Å². The quantitative estimate of drug-likeness (QED) is 0.803. The second-order valence-corrected chi connectivity index (χ2v) is 4.67. The second-order valence-electron chi connectivity index (χ2n) is 4.67. The number of pyridine rings is 1. The highest BCUT2D eigenvalue weighted by atomic mass is 16.5. The van der Waals surface area contributed by atoms with Crippen molar-refractivity contribution in [3.8, 4) is 11.8 Å². The molecule has 0 radical (unpaired) electrons. The van der Waals surface area contributed by atoms with Crippen molar-refractivity contribution in [1.82, 2.24) is 9.88 Å². The van der Waals surface area contributed by atoms with Gasteiger partial charge in [-0.3, -0.25) is 4.79 Å². The lowest BCUT2D eigenvalue weighted by atomic mass is 10.1. The van der Waals surface area contributed by atoms with Gasteiger partial charge in [-0.1, -0.05) is 11.8 Å². The number of carbonyl (C=O) groups excluding carboxylic acids is 1. The molecule has 1 amide bonds. The van der Waals surface area contributed by atoms with Gasteiger partial charge in [0.15, 0.2) is 0 Å². The van der Waals surface area contributed by atoms with Crippen molar-refractivity contribution >= 4 is 5.91 Å². The summed E-state index contributed by atoms with van der Waals surface area (Å²) in [7, 11) is 1.71. The van der Waals surface area contributed by atoms with Crippen molar-refractivity contribution in [2.45, 2.75) is 18.9 Å². The van der Waals surface area contributed by atoms with E-state index in [0.717, 1.165) is 18.4 Å². The highest BCUT2D eigenvalue weighted by molar-refractivity contribution is 5.92. The minimum absolute atomic E-state index is 0.0297. The SMILES string of the molecule is COC1CCN(C(=O)c2ccc(C#CCN)cn2)CC1. The van der Waals surface area contributed by atoms with Crippen LogP contribution in [-0.4, -0.2) is 48.6 Å². The number of aromatic nitrogens is 1. The summed E-state index contributed by atoms with van der Waals surface area (Å²) in [6, 6.07) is 3.51. The third-order valence-electron chi connectivity index (χ3n) is 3.38. The monoisotopic (exact) mass is 273 g/mol. The summed E-state index contributed by atoms with van der Waals surface area (Å²) >= 11 is 0. The predicted molar refractivity (Wildman–Crippen MR) is 76.1 cm³/mol. The molecule has 1 aromatic rings. The molecule has 1 aliphatic heterocycles. The molecule has 1 aromatic heterocycles. The zero-order valence-corrected chi connectivity index (χ0v) is 11.6. The molecule has 2 heterocycles. The van der Waals surface area contributed by atoms with Gasteiger partial charge in [0.05, 0.1) is 12.6 Å². The van der Waals surface area contributed by atoms with Gasteiger partial charge < -0.3 is 15.4 Å². The molecule has 0 bridgehead atoms. The summed E-state index contributed by atoms with van der Waals surface area (Å²) < 4.78 is 5.30. The molecule has 0 aliphatic carbocycles.